The van der Waals surface area contributed by atoms with Gasteiger partial charge in [0.25, 0.3) is 0 Å². The summed E-state index contributed by atoms with van der Waals surface area (Å²) in [5.74, 6) is -0.654. The molecule has 1 N–H and O–H groups in total. The third-order valence-electron chi connectivity index (χ3n) is 2.90. The van der Waals surface area contributed by atoms with Crippen molar-refractivity contribution in [3.8, 4) is 0 Å². The van der Waals surface area contributed by atoms with E-state index in [0.29, 0.717) is 13.1 Å². The van der Waals surface area contributed by atoms with Gasteiger partial charge in [-0.25, -0.2) is 4.79 Å². The van der Waals surface area contributed by atoms with Gasteiger partial charge in [0.2, 0.25) is 0 Å². The van der Waals surface area contributed by atoms with Crippen LogP contribution in [-0.4, -0.2) is 59.1 Å². The Labute approximate surface area is 183 Å². The van der Waals surface area contributed by atoms with E-state index in [-0.39, 0.29) is 27.2 Å². The van der Waals surface area contributed by atoms with Crippen molar-refractivity contribution in [1.82, 2.24) is 14.9 Å². The van der Waals surface area contributed by atoms with Gasteiger partial charge in [0.05, 0.1) is 5.69 Å². The molecular weight excluding hydrogens is 552 g/mol. The maximum Gasteiger partial charge on any atom is 0.335 e. The van der Waals surface area contributed by atoms with Crippen LogP contribution in [0.1, 0.15) is 18.3 Å². The van der Waals surface area contributed by atoms with E-state index in [9.17, 15) is 9.90 Å². The molecule has 0 aromatic carbocycles. The number of nitrogens with zero attached hydrogens (tertiary/aromatic N) is 3. The van der Waals surface area contributed by atoms with Crippen LogP contribution in [0.15, 0.2) is 42.6 Å². The van der Waals surface area contributed by atoms with Gasteiger partial charge >= 0.3 is 5.97 Å². The van der Waals surface area contributed by atoms with Gasteiger partial charge in [-0.2, -0.15) is 18.2 Å². The summed E-state index contributed by atoms with van der Waals surface area (Å²) in [5.41, 5.74) is 1.67. The van der Waals surface area contributed by atoms with E-state index in [0.717, 1.165) is 11.4 Å². The summed E-state index contributed by atoms with van der Waals surface area (Å²) in [6.45, 7) is 12.2. The van der Waals surface area contributed by atoms with E-state index in [2.05, 4.69) is 36.5 Å². The standard InChI is InChI=1S/C16H18N3O3.3CHO.Re/c1-13(20)16(21)22-12-19(10-14-6-2-4-8-17-14)11-15-7-3-5-9-18-15;3*1-2;/h2-8,13,20H,10-12H2,1H3;3*1H;/q4*-1;. The molecule has 0 spiro atoms. The largest absolute Gasteiger partial charge is 0.545 e. The topological polar surface area (TPSA) is 127 Å². The smallest absolute Gasteiger partial charge is 0.335 e. The predicted octanol–water partition coefficient (Wildman–Crippen LogP) is 0.336. The van der Waals surface area contributed by atoms with Crippen LogP contribution in [0.5, 0.6) is 0 Å². The van der Waals surface area contributed by atoms with Gasteiger partial charge in [0.1, 0.15) is 12.8 Å². The monoisotopic (exact) mass is 574 g/mol. The van der Waals surface area contributed by atoms with Gasteiger partial charge < -0.3 is 29.2 Å². The number of aromatic nitrogens is 2. The van der Waals surface area contributed by atoms with E-state index in [1.54, 1.807) is 12.3 Å². The zero-order chi connectivity index (χ0) is 21.8. The first kappa shape index (κ1) is 31.1. The van der Waals surface area contributed by atoms with Crippen molar-refractivity contribution in [1.29, 1.82) is 0 Å². The molecule has 2 aromatic rings. The number of ether oxygens (including phenoxy) is 1. The molecule has 9 nitrogen and oxygen atoms in total. The van der Waals surface area contributed by atoms with Crippen LogP contribution in [0.3, 0.4) is 0 Å². The Hall–Kier alpha value is -2.64. The summed E-state index contributed by atoms with van der Waals surface area (Å²) in [7, 11) is 0. The normalized spacial score (nSPS) is 9.62. The number of hydrogen-bond acceptors (Lipinski definition) is 9. The second-order valence-electron chi connectivity index (χ2n) is 4.83. The average molecular weight is 574 g/mol. The summed E-state index contributed by atoms with van der Waals surface area (Å²) >= 11 is 0. The number of carbonyl (C=O) groups excluding carboxylic acids is 4. The minimum atomic E-state index is -1.14. The van der Waals surface area contributed by atoms with E-state index in [1.165, 1.54) is 6.92 Å². The molecule has 2 aromatic heterocycles. The molecule has 0 aliphatic rings. The molecular formula is C19H21N3O6Re-4. The minimum Gasteiger partial charge on any atom is -0.545 e. The summed E-state index contributed by atoms with van der Waals surface area (Å²) in [5, 5.41) is 9.19. The van der Waals surface area contributed by atoms with E-state index in [4.69, 9.17) is 19.1 Å². The molecule has 0 bridgehead atoms. The molecule has 29 heavy (non-hydrogen) atoms. The van der Waals surface area contributed by atoms with Crippen LogP contribution < -0.4 is 0 Å². The number of rotatable bonds is 7. The average Bonchev–Trinajstić information content (AvgIpc) is 2.77. The minimum absolute atomic E-state index is 0. The van der Waals surface area contributed by atoms with E-state index in [1.807, 2.05) is 35.2 Å². The number of esters is 1. The molecule has 0 saturated heterocycles. The van der Waals surface area contributed by atoms with Gasteiger partial charge in [0.15, 0.2) is 0 Å². The van der Waals surface area contributed by atoms with Crippen LogP contribution in [-0.2, 0) is 57.4 Å². The molecule has 1 unspecified atom stereocenters. The van der Waals surface area contributed by atoms with Gasteiger partial charge in [0, 0.05) is 33.2 Å². The molecule has 2 rings (SSSR count). The van der Waals surface area contributed by atoms with E-state index < -0.39 is 12.1 Å². The van der Waals surface area contributed by atoms with Crippen molar-refractivity contribution in [2.75, 3.05) is 6.73 Å². The SMILES string of the molecule is CC(O)C(=O)OCN(Cc1ccc[c-]n1)Cc1ccccn1.[CH-]=O.[CH-]=O.[CH-]=O.[Re]. The maximum absolute atomic E-state index is 11.4. The van der Waals surface area contributed by atoms with Gasteiger partial charge in [-0.3, -0.25) is 30.3 Å². The molecule has 0 fully saturated rings. The molecule has 0 aliphatic carbocycles. The van der Waals surface area contributed by atoms with Gasteiger partial charge in [-0.15, -0.1) is 0 Å². The van der Waals surface area contributed by atoms with Crippen LogP contribution in [0.2, 0.25) is 0 Å². The van der Waals surface area contributed by atoms with Gasteiger partial charge in [-0.05, 0) is 25.6 Å². The van der Waals surface area contributed by atoms with Crippen molar-refractivity contribution in [2.24, 2.45) is 0 Å². The quantitative estimate of drug-likeness (QED) is 0.216. The summed E-state index contributed by atoms with van der Waals surface area (Å²) in [6.07, 6.45) is 3.35. The predicted molar refractivity (Wildman–Crippen MR) is 99.4 cm³/mol. The second kappa shape index (κ2) is 21.7. The molecule has 2 heterocycles. The summed E-state index contributed by atoms with van der Waals surface area (Å²) in [6, 6.07) is 11.1. The zero-order valence-electron chi connectivity index (χ0n) is 15.7. The molecule has 159 valence electrons. The molecule has 0 amide bonds. The maximum atomic E-state index is 11.4. The summed E-state index contributed by atoms with van der Waals surface area (Å²) < 4.78 is 5.08. The van der Waals surface area contributed by atoms with Crippen LogP contribution in [0.4, 0.5) is 0 Å². The Morgan fingerprint density at radius 1 is 1.10 bits per heavy atom. The first-order valence-corrected chi connectivity index (χ1v) is 7.65. The van der Waals surface area contributed by atoms with Crippen LogP contribution >= 0.6 is 0 Å². The Balaban J connectivity index is -0.000000883. The number of aliphatic hydroxyl groups excluding tert-OH is 1. The van der Waals surface area contributed by atoms with Crippen molar-refractivity contribution >= 4 is 26.3 Å². The van der Waals surface area contributed by atoms with Crippen molar-refractivity contribution in [3.63, 3.8) is 0 Å². The number of carbonyl (C=O) groups is 1. The zero-order valence-corrected chi connectivity index (χ0v) is 18.4. The molecule has 0 saturated carbocycles. The van der Waals surface area contributed by atoms with Crippen molar-refractivity contribution in [3.05, 3.63) is 60.2 Å². The van der Waals surface area contributed by atoms with E-state index >= 15 is 0 Å². The third-order valence-corrected chi connectivity index (χ3v) is 2.90. The van der Waals surface area contributed by atoms with Crippen molar-refractivity contribution < 1.29 is 49.4 Å². The fourth-order valence-electron chi connectivity index (χ4n) is 1.82. The molecule has 10 heteroatoms. The first-order chi connectivity index (χ1) is 13.6. The number of hydrogen-bond donors (Lipinski definition) is 1. The van der Waals surface area contributed by atoms with Gasteiger partial charge in [-0.1, -0.05) is 18.0 Å². The fraction of sp³-hybridized carbons (Fsp3) is 0.263. The first-order valence-electron chi connectivity index (χ1n) is 7.65. The molecule has 1 radical (unpaired) electrons. The Morgan fingerprint density at radius 2 is 1.69 bits per heavy atom. The Morgan fingerprint density at radius 3 is 2.17 bits per heavy atom. The Kier molecular flexibility index (Phi) is 23.2. The number of aliphatic hydroxyl groups is 1. The second-order valence-corrected chi connectivity index (χ2v) is 4.83. The van der Waals surface area contributed by atoms with Crippen LogP contribution in [0, 0.1) is 6.20 Å². The number of pyridine rings is 2. The third kappa shape index (κ3) is 15.0. The van der Waals surface area contributed by atoms with Crippen LogP contribution in [0.25, 0.3) is 0 Å². The van der Waals surface area contributed by atoms with Crippen molar-refractivity contribution in [2.45, 2.75) is 26.1 Å². The summed E-state index contributed by atoms with van der Waals surface area (Å²) in [4.78, 5) is 44.9. The molecule has 1 atom stereocenters. The molecule has 0 aliphatic heterocycles. The fourth-order valence-corrected chi connectivity index (χ4v) is 1.82. The Bertz CT molecular complexity index is 588.